The highest BCUT2D eigenvalue weighted by Crippen LogP contribution is 2.13. The lowest BCUT2D eigenvalue weighted by Crippen LogP contribution is -2.11. The Morgan fingerprint density at radius 3 is 2.86 bits per heavy atom. The minimum atomic E-state index is -1.00. The van der Waals surface area contributed by atoms with Gasteiger partial charge in [-0.3, -0.25) is 4.68 Å². The van der Waals surface area contributed by atoms with Crippen molar-refractivity contribution in [2.45, 2.75) is 20.4 Å². The van der Waals surface area contributed by atoms with Crippen LogP contribution in [0.2, 0.25) is 0 Å². The summed E-state index contributed by atoms with van der Waals surface area (Å²) in [4.78, 5) is 10.7. The first kappa shape index (κ1) is 10.5. The first-order valence-electron chi connectivity index (χ1n) is 4.46. The van der Waals surface area contributed by atoms with E-state index in [1.54, 1.807) is 16.9 Å². The van der Waals surface area contributed by atoms with Crippen LogP contribution < -0.4 is 0 Å². The molecular formula is C10H14N2O2. The van der Waals surface area contributed by atoms with E-state index in [2.05, 4.69) is 25.5 Å². The maximum Gasteiger partial charge on any atom is 0.337 e. The zero-order chi connectivity index (χ0) is 10.7. The fourth-order valence-corrected chi connectivity index (χ4v) is 1.19. The summed E-state index contributed by atoms with van der Waals surface area (Å²) in [5, 5.41) is 12.8. The number of hydrogen-bond donors (Lipinski definition) is 1. The van der Waals surface area contributed by atoms with Crippen molar-refractivity contribution in [1.82, 2.24) is 9.78 Å². The van der Waals surface area contributed by atoms with Gasteiger partial charge in [0.15, 0.2) is 0 Å². The molecule has 0 aliphatic carbocycles. The lowest BCUT2D eigenvalue weighted by atomic mass is 10.2. The molecule has 1 aromatic rings. The van der Waals surface area contributed by atoms with Crippen LogP contribution in [0.3, 0.4) is 0 Å². The maximum atomic E-state index is 10.7. The molecule has 4 heteroatoms. The van der Waals surface area contributed by atoms with Crippen molar-refractivity contribution in [1.29, 1.82) is 0 Å². The van der Waals surface area contributed by atoms with Crippen LogP contribution in [-0.2, 0) is 11.3 Å². The van der Waals surface area contributed by atoms with Crippen molar-refractivity contribution in [3.63, 3.8) is 0 Å². The number of aliphatic carboxylic acids is 1. The normalized spacial score (nSPS) is 10.5. The van der Waals surface area contributed by atoms with E-state index in [4.69, 9.17) is 5.11 Å². The van der Waals surface area contributed by atoms with Gasteiger partial charge in [0.05, 0.1) is 11.3 Å². The third-order valence-electron chi connectivity index (χ3n) is 1.82. The zero-order valence-corrected chi connectivity index (χ0v) is 8.40. The molecule has 0 unspecified atom stereocenters. The summed E-state index contributed by atoms with van der Waals surface area (Å²) in [6.07, 6.45) is 1.59. The van der Waals surface area contributed by atoms with E-state index in [1.807, 2.05) is 0 Å². The SMILES string of the molecule is C=C(C(=O)O)c1ccnn1CC(C)C. The van der Waals surface area contributed by atoms with Gasteiger partial charge in [0.1, 0.15) is 0 Å². The van der Waals surface area contributed by atoms with E-state index in [9.17, 15) is 4.79 Å². The zero-order valence-electron chi connectivity index (χ0n) is 8.40. The molecule has 4 nitrogen and oxygen atoms in total. The van der Waals surface area contributed by atoms with Crippen LogP contribution >= 0.6 is 0 Å². The van der Waals surface area contributed by atoms with Gasteiger partial charge in [0.25, 0.3) is 0 Å². The van der Waals surface area contributed by atoms with Gasteiger partial charge >= 0.3 is 5.97 Å². The minimum absolute atomic E-state index is 0.0863. The third-order valence-corrected chi connectivity index (χ3v) is 1.82. The van der Waals surface area contributed by atoms with Gasteiger partial charge in [-0.2, -0.15) is 5.10 Å². The predicted octanol–water partition coefficient (Wildman–Crippen LogP) is 1.64. The number of aromatic nitrogens is 2. The summed E-state index contributed by atoms with van der Waals surface area (Å²) in [6.45, 7) is 8.31. The summed E-state index contributed by atoms with van der Waals surface area (Å²) in [7, 11) is 0. The molecule has 14 heavy (non-hydrogen) atoms. The highest BCUT2D eigenvalue weighted by molar-refractivity contribution is 6.13. The smallest absolute Gasteiger partial charge is 0.337 e. The average Bonchev–Trinajstić information content (AvgIpc) is 2.49. The van der Waals surface area contributed by atoms with Gasteiger partial charge in [-0.1, -0.05) is 20.4 Å². The van der Waals surface area contributed by atoms with Crippen LogP contribution in [0, 0.1) is 5.92 Å². The maximum absolute atomic E-state index is 10.7. The second kappa shape index (κ2) is 4.09. The molecule has 0 saturated carbocycles. The number of carbonyl (C=O) groups is 1. The number of rotatable bonds is 4. The highest BCUT2D eigenvalue weighted by atomic mass is 16.4. The van der Waals surface area contributed by atoms with Gasteiger partial charge < -0.3 is 5.11 Å². The van der Waals surface area contributed by atoms with Crippen molar-refractivity contribution >= 4 is 11.5 Å². The Morgan fingerprint density at radius 2 is 2.36 bits per heavy atom. The van der Waals surface area contributed by atoms with Crippen LogP contribution in [0.15, 0.2) is 18.8 Å². The van der Waals surface area contributed by atoms with Gasteiger partial charge in [-0.25, -0.2) is 4.79 Å². The average molecular weight is 194 g/mol. The summed E-state index contributed by atoms with van der Waals surface area (Å²) in [6, 6.07) is 1.67. The Balaban J connectivity index is 2.92. The topological polar surface area (TPSA) is 55.1 Å². The summed E-state index contributed by atoms with van der Waals surface area (Å²) >= 11 is 0. The molecule has 0 aliphatic rings. The highest BCUT2D eigenvalue weighted by Gasteiger charge is 2.12. The van der Waals surface area contributed by atoms with E-state index in [0.29, 0.717) is 18.2 Å². The number of nitrogens with zero attached hydrogens (tertiary/aromatic N) is 2. The van der Waals surface area contributed by atoms with Gasteiger partial charge in [0, 0.05) is 12.7 Å². The molecule has 0 fully saturated rings. The number of hydrogen-bond acceptors (Lipinski definition) is 2. The molecule has 76 valence electrons. The Labute approximate surface area is 82.9 Å². The minimum Gasteiger partial charge on any atom is -0.478 e. The fraction of sp³-hybridized carbons (Fsp3) is 0.400. The van der Waals surface area contributed by atoms with Crippen molar-refractivity contribution in [3.8, 4) is 0 Å². The van der Waals surface area contributed by atoms with Crippen LogP contribution in [-0.4, -0.2) is 20.9 Å². The molecule has 0 amide bonds. The Morgan fingerprint density at radius 1 is 1.71 bits per heavy atom. The number of carboxylic acids is 1. The van der Waals surface area contributed by atoms with Gasteiger partial charge in [-0.15, -0.1) is 0 Å². The Hall–Kier alpha value is -1.58. The molecule has 0 aliphatic heterocycles. The molecule has 0 bridgehead atoms. The van der Waals surface area contributed by atoms with E-state index in [-0.39, 0.29) is 5.57 Å². The molecule has 0 spiro atoms. The predicted molar refractivity (Wildman–Crippen MR) is 53.7 cm³/mol. The largest absolute Gasteiger partial charge is 0.478 e. The molecule has 1 heterocycles. The Kier molecular flexibility index (Phi) is 3.06. The van der Waals surface area contributed by atoms with Crippen molar-refractivity contribution in [3.05, 3.63) is 24.5 Å². The molecule has 0 aromatic carbocycles. The van der Waals surface area contributed by atoms with Crippen LogP contribution in [0.25, 0.3) is 5.57 Å². The fourth-order valence-electron chi connectivity index (χ4n) is 1.19. The standard InChI is InChI=1S/C10H14N2O2/c1-7(2)6-12-9(4-5-11-12)8(3)10(13)14/h4-5,7H,3,6H2,1-2H3,(H,13,14). The first-order valence-corrected chi connectivity index (χ1v) is 4.46. The van der Waals surface area contributed by atoms with Crippen LogP contribution in [0.4, 0.5) is 0 Å². The molecule has 1 rings (SSSR count). The second-order valence-corrected chi connectivity index (χ2v) is 3.58. The van der Waals surface area contributed by atoms with E-state index >= 15 is 0 Å². The van der Waals surface area contributed by atoms with E-state index < -0.39 is 5.97 Å². The van der Waals surface area contributed by atoms with Crippen molar-refractivity contribution < 1.29 is 9.90 Å². The summed E-state index contributed by atoms with van der Waals surface area (Å²) in [5.41, 5.74) is 0.661. The molecule has 1 aromatic heterocycles. The molecule has 0 radical (unpaired) electrons. The monoisotopic (exact) mass is 194 g/mol. The van der Waals surface area contributed by atoms with Gasteiger partial charge in [-0.05, 0) is 12.0 Å². The summed E-state index contributed by atoms with van der Waals surface area (Å²) < 4.78 is 1.67. The lowest BCUT2D eigenvalue weighted by Gasteiger charge is -2.09. The molecule has 0 saturated heterocycles. The third kappa shape index (κ3) is 2.22. The van der Waals surface area contributed by atoms with Crippen LogP contribution in [0.5, 0.6) is 0 Å². The van der Waals surface area contributed by atoms with Crippen LogP contribution in [0.1, 0.15) is 19.5 Å². The van der Waals surface area contributed by atoms with E-state index in [0.717, 1.165) is 0 Å². The van der Waals surface area contributed by atoms with Gasteiger partial charge in [0.2, 0.25) is 0 Å². The molecule has 0 atom stereocenters. The van der Waals surface area contributed by atoms with E-state index in [1.165, 1.54) is 0 Å². The van der Waals surface area contributed by atoms with Crippen molar-refractivity contribution in [2.24, 2.45) is 5.92 Å². The molecule has 1 N–H and O–H groups in total. The quantitative estimate of drug-likeness (QED) is 0.741. The lowest BCUT2D eigenvalue weighted by molar-refractivity contribution is -0.130. The first-order chi connectivity index (χ1) is 6.52. The Bertz CT molecular complexity index is 353. The van der Waals surface area contributed by atoms with Crippen molar-refractivity contribution in [2.75, 3.05) is 0 Å². The summed E-state index contributed by atoms with van der Waals surface area (Å²) in [5.74, 6) is -0.578. The second-order valence-electron chi connectivity index (χ2n) is 3.58. The number of carboxylic acid groups (broad SMARTS) is 1. The molecular weight excluding hydrogens is 180 g/mol.